The second kappa shape index (κ2) is 11.9. The zero-order chi connectivity index (χ0) is 28.1. The lowest BCUT2D eigenvalue weighted by molar-refractivity contribution is 0.0737. The van der Waals surface area contributed by atoms with Crippen LogP contribution in [0.3, 0.4) is 0 Å². The number of fused-ring (bicyclic) bond motifs is 1. The Morgan fingerprint density at radius 3 is 2.23 bits per heavy atom. The quantitative estimate of drug-likeness (QED) is 0.0825. The summed E-state index contributed by atoms with van der Waals surface area (Å²) in [5.74, 6) is 1.14. The molecule has 200 valence electrons. The molecule has 0 saturated carbocycles. The van der Waals surface area contributed by atoms with Crippen LogP contribution < -0.4 is 9.47 Å². The molecule has 0 atom stereocenters. The highest BCUT2D eigenvalue weighted by molar-refractivity contribution is 6.10. The minimum Gasteiger partial charge on any atom is -0.494 e. The molecule has 0 aliphatic rings. The van der Waals surface area contributed by atoms with Gasteiger partial charge in [-0.05, 0) is 72.5 Å². The van der Waals surface area contributed by atoms with Crippen LogP contribution in [-0.4, -0.2) is 18.4 Å². The molecule has 0 radical (unpaired) electrons. The van der Waals surface area contributed by atoms with Gasteiger partial charge in [0, 0.05) is 16.5 Å². The molecule has 0 spiro atoms. The zero-order valence-corrected chi connectivity index (χ0v) is 22.7. The molecule has 5 aromatic rings. The van der Waals surface area contributed by atoms with E-state index >= 15 is 0 Å². The standard InChI is InChI=1S/C35H30O5/c1-4-38-29-19-21-32-30(22-29)33(34(40-32)27-8-6-5-7-9-27)35(37)39-28-17-15-26(16-18-28)31(36)20-12-24-10-13-25(14-11-24)23(2)3/h5-23H,4H2,1-3H3. The highest BCUT2D eigenvalue weighted by Gasteiger charge is 2.24. The summed E-state index contributed by atoms with van der Waals surface area (Å²) in [4.78, 5) is 26.2. The fourth-order valence-electron chi connectivity index (χ4n) is 4.43. The topological polar surface area (TPSA) is 65.7 Å². The molecule has 1 heterocycles. The average molecular weight is 531 g/mol. The first-order chi connectivity index (χ1) is 19.4. The molecule has 5 rings (SSSR count). The lowest BCUT2D eigenvalue weighted by Gasteiger charge is -2.07. The maximum Gasteiger partial charge on any atom is 0.348 e. The summed E-state index contributed by atoms with van der Waals surface area (Å²) in [6.45, 7) is 6.69. The first kappa shape index (κ1) is 26.7. The number of allylic oxidation sites excluding steroid dienone is 1. The van der Waals surface area contributed by atoms with E-state index in [1.165, 1.54) is 5.56 Å². The normalized spacial score (nSPS) is 11.3. The highest BCUT2D eigenvalue weighted by atomic mass is 16.5. The molecule has 4 aromatic carbocycles. The SMILES string of the molecule is CCOc1ccc2oc(-c3ccccc3)c(C(=O)Oc3ccc(C(=O)C=Cc4ccc(C(C)C)cc4)cc3)c2c1. The Labute approximate surface area is 233 Å². The highest BCUT2D eigenvalue weighted by Crippen LogP contribution is 2.36. The second-order valence-electron chi connectivity index (χ2n) is 9.70. The van der Waals surface area contributed by atoms with Crippen molar-refractivity contribution >= 4 is 28.8 Å². The van der Waals surface area contributed by atoms with Crippen LogP contribution in [0.25, 0.3) is 28.4 Å². The molecule has 5 heteroatoms. The van der Waals surface area contributed by atoms with Crippen molar-refractivity contribution in [2.24, 2.45) is 0 Å². The van der Waals surface area contributed by atoms with Gasteiger partial charge in [-0.3, -0.25) is 4.79 Å². The number of carbonyl (C=O) groups is 2. The predicted octanol–water partition coefficient (Wildman–Crippen LogP) is 8.74. The van der Waals surface area contributed by atoms with E-state index in [2.05, 4.69) is 26.0 Å². The van der Waals surface area contributed by atoms with Crippen molar-refractivity contribution in [1.82, 2.24) is 0 Å². The molecule has 0 amide bonds. The summed E-state index contributed by atoms with van der Waals surface area (Å²) in [5, 5.41) is 0.605. The largest absolute Gasteiger partial charge is 0.494 e. The summed E-state index contributed by atoms with van der Waals surface area (Å²) < 4.78 is 17.5. The van der Waals surface area contributed by atoms with Gasteiger partial charge in [-0.15, -0.1) is 0 Å². The molecule has 0 bridgehead atoms. The smallest absolute Gasteiger partial charge is 0.348 e. The predicted molar refractivity (Wildman–Crippen MR) is 158 cm³/mol. The number of ether oxygens (including phenoxy) is 2. The van der Waals surface area contributed by atoms with Crippen LogP contribution in [0.2, 0.25) is 0 Å². The van der Waals surface area contributed by atoms with E-state index in [9.17, 15) is 9.59 Å². The van der Waals surface area contributed by atoms with Crippen LogP contribution in [-0.2, 0) is 0 Å². The Hall–Kier alpha value is -4.90. The number of carbonyl (C=O) groups excluding carboxylic acids is 2. The third-order valence-electron chi connectivity index (χ3n) is 6.59. The number of esters is 1. The maximum atomic E-state index is 13.5. The zero-order valence-electron chi connectivity index (χ0n) is 22.7. The van der Waals surface area contributed by atoms with E-state index in [1.807, 2.05) is 55.5 Å². The fourth-order valence-corrected chi connectivity index (χ4v) is 4.43. The number of rotatable bonds is 9. The first-order valence-electron chi connectivity index (χ1n) is 13.3. The van der Waals surface area contributed by atoms with E-state index in [0.29, 0.717) is 51.9 Å². The van der Waals surface area contributed by atoms with Gasteiger partial charge in [0.05, 0.1) is 6.61 Å². The Kier molecular flexibility index (Phi) is 7.92. The van der Waals surface area contributed by atoms with E-state index in [4.69, 9.17) is 13.9 Å². The first-order valence-corrected chi connectivity index (χ1v) is 13.3. The van der Waals surface area contributed by atoms with Crippen LogP contribution in [0.5, 0.6) is 11.5 Å². The van der Waals surface area contributed by atoms with E-state index in [-0.39, 0.29) is 5.78 Å². The Morgan fingerprint density at radius 2 is 1.55 bits per heavy atom. The number of ketones is 1. The molecule has 1 aromatic heterocycles. The van der Waals surface area contributed by atoms with Crippen LogP contribution >= 0.6 is 0 Å². The van der Waals surface area contributed by atoms with Gasteiger partial charge in [0.15, 0.2) is 5.78 Å². The van der Waals surface area contributed by atoms with E-state index in [0.717, 1.165) is 11.1 Å². The lowest BCUT2D eigenvalue weighted by Crippen LogP contribution is -2.09. The van der Waals surface area contributed by atoms with Gasteiger partial charge in [-0.1, -0.05) is 74.5 Å². The van der Waals surface area contributed by atoms with Crippen molar-refractivity contribution in [3.05, 3.63) is 125 Å². The minimum atomic E-state index is -0.560. The second-order valence-corrected chi connectivity index (χ2v) is 9.70. The number of benzene rings is 4. The molecule has 5 nitrogen and oxygen atoms in total. The lowest BCUT2D eigenvalue weighted by atomic mass is 10.0. The van der Waals surface area contributed by atoms with Gasteiger partial charge in [-0.25, -0.2) is 4.79 Å². The van der Waals surface area contributed by atoms with Crippen LogP contribution in [0.15, 0.2) is 108 Å². The van der Waals surface area contributed by atoms with E-state index < -0.39 is 5.97 Å². The van der Waals surface area contributed by atoms with Crippen molar-refractivity contribution in [3.8, 4) is 22.8 Å². The van der Waals surface area contributed by atoms with Crippen LogP contribution in [0, 0.1) is 0 Å². The Bertz CT molecular complexity index is 1660. The third kappa shape index (κ3) is 5.89. The van der Waals surface area contributed by atoms with Crippen molar-refractivity contribution in [1.29, 1.82) is 0 Å². The fraction of sp³-hybridized carbons (Fsp3) is 0.143. The third-order valence-corrected chi connectivity index (χ3v) is 6.59. The summed E-state index contributed by atoms with van der Waals surface area (Å²) in [6, 6.07) is 29.5. The molecule has 0 N–H and O–H groups in total. The monoisotopic (exact) mass is 530 g/mol. The van der Waals surface area contributed by atoms with Gasteiger partial charge in [0.2, 0.25) is 0 Å². The molecule has 0 unspecified atom stereocenters. The van der Waals surface area contributed by atoms with Gasteiger partial charge in [0.1, 0.15) is 28.4 Å². The number of furan rings is 1. The minimum absolute atomic E-state index is 0.138. The van der Waals surface area contributed by atoms with Crippen LogP contribution in [0.1, 0.15) is 58.5 Å². The van der Waals surface area contributed by atoms with Crippen LogP contribution in [0.4, 0.5) is 0 Å². The summed E-state index contributed by atoms with van der Waals surface area (Å²) >= 11 is 0. The van der Waals surface area contributed by atoms with Crippen molar-refractivity contribution < 1.29 is 23.5 Å². The van der Waals surface area contributed by atoms with Crippen molar-refractivity contribution in [2.75, 3.05) is 6.61 Å². The molecule has 0 aliphatic heterocycles. The Morgan fingerprint density at radius 1 is 0.850 bits per heavy atom. The average Bonchev–Trinajstić information content (AvgIpc) is 3.36. The van der Waals surface area contributed by atoms with Gasteiger partial charge in [0.25, 0.3) is 0 Å². The van der Waals surface area contributed by atoms with E-state index in [1.54, 1.807) is 48.6 Å². The molecular formula is C35H30O5. The summed E-state index contributed by atoms with van der Waals surface area (Å²) in [6.07, 6.45) is 3.34. The molecule has 40 heavy (non-hydrogen) atoms. The molecular weight excluding hydrogens is 500 g/mol. The van der Waals surface area contributed by atoms with Crippen molar-refractivity contribution in [3.63, 3.8) is 0 Å². The van der Waals surface area contributed by atoms with Gasteiger partial charge < -0.3 is 13.9 Å². The summed E-state index contributed by atoms with van der Waals surface area (Å²) in [7, 11) is 0. The maximum absolute atomic E-state index is 13.5. The molecule has 0 saturated heterocycles. The van der Waals surface area contributed by atoms with Gasteiger partial charge in [-0.2, -0.15) is 0 Å². The summed E-state index contributed by atoms with van der Waals surface area (Å²) in [5.41, 5.74) is 4.33. The van der Waals surface area contributed by atoms with Crippen molar-refractivity contribution in [2.45, 2.75) is 26.7 Å². The number of hydrogen-bond donors (Lipinski definition) is 0. The molecule has 0 fully saturated rings. The number of hydrogen-bond acceptors (Lipinski definition) is 5. The van der Waals surface area contributed by atoms with Gasteiger partial charge >= 0.3 is 5.97 Å². The Balaban J connectivity index is 1.36. The molecule has 0 aliphatic carbocycles.